The van der Waals surface area contributed by atoms with Crippen LogP contribution >= 0.6 is 11.6 Å². The zero-order chi connectivity index (χ0) is 21.7. The van der Waals surface area contributed by atoms with Crippen LogP contribution in [0.15, 0.2) is 42.5 Å². The molecule has 2 aromatic carbocycles. The lowest BCUT2D eigenvalue weighted by molar-refractivity contribution is -0.122. The predicted molar refractivity (Wildman–Crippen MR) is 120 cm³/mol. The van der Waals surface area contributed by atoms with Crippen molar-refractivity contribution >= 4 is 46.4 Å². The molecule has 7 heteroatoms. The number of halogens is 1. The number of amides is 3. The fourth-order valence-corrected chi connectivity index (χ4v) is 3.72. The van der Waals surface area contributed by atoms with Crippen molar-refractivity contribution in [1.82, 2.24) is 0 Å². The topological polar surface area (TPSA) is 78.5 Å². The Morgan fingerprint density at radius 2 is 1.87 bits per heavy atom. The van der Waals surface area contributed by atoms with Gasteiger partial charge < -0.3 is 15.5 Å². The number of rotatable bonds is 7. The van der Waals surface area contributed by atoms with E-state index in [4.69, 9.17) is 11.6 Å². The number of anilines is 3. The molecule has 0 bridgehead atoms. The molecule has 0 radical (unpaired) electrons. The number of nitrogens with zero attached hydrogens (tertiary/aromatic N) is 1. The first-order valence-electron chi connectivity index (χ1n) is 10.1. The maximum atomic E-state index is 12.7. The Morgan fingerprint density at radius 1 is 1.13 bits per heavy atom. The van der Waals surface area contributed by atoms with Gasteiger partial charge in [0, 0.05) is 31.3 Å². The van der Waals surface area contributed by atoms with Gasteiger partial charge in [0.15, 0.2) is 0 Å². The van der Waals surface area contributed by atoms with Crippen LogP contribution in [0.5, 0.6) is 0 Å². The van der Waals surface area contributed by atoms with Crippen LogP contribution in [0.2, 0.25) is 5.02 Å². The van der Waals surface area contributed by atoms with Gasteiger partial charge in [-0.25, -0.2) is 0 Å². The van der Waals surface area contributed by atoms with Crippen LogP contribution < -0.4 is 15.5 Å². The number of carbonyl (C=O) groups excluding carboxylic acids is 3. The molecule has 158 valence electrons. The van der Waals surface area contributed by atoms with E-state index in [-0.39, 0.29) is 24.1 Å². The lowest BCUT2D eigenvalue weighted by Gasteiger charge is -2.17. The van der Waals surface area contributed by atoms with E-state index in [0.717, 1.165) is 24.9 Å². The van der Waals surface area contributed by atoms with E-state index in [1.54, 1.807) is 23.1 Å². The van der Waals surface area contributed by atoms with Crippen molar-refractivity contribution in [2.45, 2.75) is 39.5 Å². The summed E-state index contributed by atoms with van der Waals surface area (Å²) in [4.78, 5) is 38.0. The Morgan fingerprint density at radius 3 is 2.50 bits per heavy atom. The Hall–Kier alpha value is -2.86. The normalized spacial score (nSPS) is 15.9. The maximum absolute atomic E-state index is 12.7. The van der Waals surface area contributed by atoms with Gasteiger partial charge in [0.1, 0.15) is 0 Å². The molecular weight excluding hydrogens is 402 g/mol. The Balaban J connectivity index is 1.63. The highest BCUT2D eigenvalue weighted by Gasteiger charge is 2.35. The molecule has 0 saturated carbocycles. The summed E-state index contributed by atoms with van der Waals surface area (Å²) < 4.78 is 0. The fraction of sp³-hybridized carbons (Fsp3) is 0.348. The van der Waals surface area contributed by atoms with Gasteiger partial charge >= 0.3 is 0 Å². The second-order valence-electron chi connectivity index (χ2n) is 7.54. The lowest BCUT2D eigenvalue weighted by atomic mass is 10.1. The lowest BCUT2D eigenvalue weighted by Crippen LogP contribution is -2.28. The van der Waals surface area contributed by atoms with Crippen LogP contribution in [0, 0.1) is 5.92 Å². The molecule has 1 aliphatic rings. The number of carbonyl (C=O) groups is 3. The average molecular weight is 428 g/mol. The molecule has 6 nitrogen and oxygen atoms in total. The first kappa shape index (κ1) is 21.8. The van der Waals surface area contributed by atoms with Crippen LogP contribution in [0.1, 0.15) is 38.7 Å². The van der Waals surface area contributed by atoms with Crippen LogP contribution in [-0.2, 0) is 20.8 Å². The zero-order valence-corrected chi connectivity index (χ0v) is 18.0. The number of unbranched alkanes of at least 4 members (excludes halogenated alkanes) is 1. The van der Waals surface area contributed by atoms with Gasteiger partial charge in [-0.05, 0) is 48.7 Å². The molecule has 3 amide bonds. The summed E-state index contributed by atoms with van der Waals surface area (Å²) in [5, 5.41) is 5.75. The third kappa shape index (κ3) is 5.39. The first-order valence-corrected chi connectivity index (χ1v) is 10.5. The Kier molecular flexibility index (Phi) is 7.11. The minimum absolute atomic E-state index is 0.0661. The van der Waals surface area contributed by atoms with Crippen LogP contribution in [0.4, 0.5) is 17.1 Å². The quantitative estimate of drug-likeness (QED) is 0.676. The highest BCUT2D eigenvalue weighted by Crippen LogP contribution is 2.29. The van der Waals surface area contributed by atoms with Crippen molar-refractivity contribution in [3.63, 3.8) is 0 Å². The molecule has 0 aromatic heterocycles. The monoisotopic (exact) mass is 427 g/mol. The molecule has 1 aliphatic heterocycles. The average Bonchev–Trinajstić information content (AvgIpc) is 3.10. The SMILES string of the molecule is CCCCc1ccc(N2CC(C(=O)Nc3ccc(NC(C)=O)cc3Cl)CC2=O)cc1. The van der Waals surface area contributed by atoms with Gasteiger partial charge in [-0.2, -0.15) is 0 Å². The van der Waals surface area contributed by atoms with E-state index in [1.807, 2.05) is 24.3 Å². The molecule has 1 heterocycles. The minimum Gasteiger partial charge on any atom is -0.326 e. The first-order chi connectivity index (χ1) is 14.4. The van der Waals surface area contributed by atoms with Gasteiger partial charge in [-0.15, -0.1) is 0 Å². The third-order valence-electron chi connectivity index (χ3n) is 5.11. The summed E-state index contributed by atoms with van der Waals surface area (Å²) >= 11 is 6.22. The number of aryl methyl sites for hydroxylation is 1. The van der Waals surface area contributed by atoms with E-state index < -0.39 is 5.92 Å². The Bertz CT molecular complexity index is 943. The summed E-state index contributed by atoms with van der Waals surface area (Å²) in [6.07, 6.45) is 3.46. The maximum Gasteiger partial charge on any atom is 0.229 e. The molecule has 2 N–H and O–H groups in total. The van der Waals surface area contributed by atoms with Crippen molar-refractivity contribution in [2.75, 3.05) is 22.1 Å². The largest absolute Gasteiger partial charge is 0.326 e. The van der Waals surface area contributed by atoms with Gasteiger partial charge in [-0.3, -0.25) is 14.4 Å². The highest BCUT2D eigenvalue weighted by molar-refractivity contribution is 6.34. The molecule has 1 unspecified atom stereocenters. The molecular formula is C23H26ClN3O3. The third-order valence-corrected chi connectivity index (χ3v) is 5.42. The van der Waals surface area contributed by atoms with E-state index >= 15 is 0 Å². The van der Waals surface area contributed by atoms with E-state index in [2.05, 4.69) is 17.6 Å². The van der Waals surface area contributed by atoms with Gasteiger partial charge in [-0.1, -0.05) is 37.1 Å². The fourth-order valence-electron chi connectivity index (χ4n) is 3.49. The second kappa shape index (κ2) is 9.76. The molecule has 3 rings (SSSR count). The summed E-state index contributed by atoms with van der Waals surface area (Å²) in [5.41, 5.74) is 3.06. The number of nitrogens with one attached hydrogen (secondary N) is 2. The van der Waals surface area contributed by atoms with E-state index in [0.29, 0.717) is 22.9 Å². The summed E-state index contributed by atoms with van der Waals surface area (Å²) in [6, 6.07) is 12.8. The minimum atomic E-state index is -0.455. The van der Waals surface area contributed by atoms with E-state index in [9.17, 15) is 14.4 Å². The highest BCUT2D eigenvalue weighted by atomic mass is 35.5. The molecule has 1 atom stereocenters. The van der Waals surface area contributed by atoms with Gasteiger partial charge in [0.05, 0.1) is 16.6 Å². The smallest absolute Gasteiger partial charge is 0.229 e. The van der Waals surface area contributed by atoms with Crippen molar-refractivity contribution in [3.8, 4) is 0 Å². The Labute approximate surface area is 181 Å². The summed E-state index contributed by atoms with van der Waals surface area (Å²) in [7, 11) is 0. The number of hydrogen-bond acceptors (Lipinski definition) is 3. The van der Waals surface area contributed by atoms with Crippen LogP contribution in [0.25, 0.3) is 0 Å². The van der Waals surface area contributed by atoms with E-state index in [1.165, 1.54) is 12.5 Å². The summed E-state index contributed by atoms with van der Waals surface area (Å²) in [6.45, 7) is 3.90. The second-order valence-corrected chi connectivity index (χ2v) is 7.95. The van der Waals surface area contributed by atoms with Crippen molar-refractivity contribution in [1.29, 1.82) is 0 Å². The molecule has 1 fully saturated rings. The van der Waals surface area contributed by atoms with Crippen molar-refractivity contribution in [2.24, 2.45) is 5.92 Å². The molecule has 1 saturated heterocycles. The summed E-state index contributed by atoms with van der Waals surface area (Å²) in [5.74, 6) is -0.975. The van der Waals surface area contributed by atoms with Crippen molar-refractivity contribution < 1.29 is 14.4 Å². The molecule has 2 aromatic rings. The van der Waals surface area contributed by atoms with Gasteiger partial charge in [0.2, 0.25) is 17.7 Å². The standard InChI is InChI=1S/C23H26ClN3O3/c1-3-4-5-16-6-9-19(10-7-16)27-14-17(12-22(27)29)23(30)26-21-11-8-18(13-20(21)24)25-15(2)28/h6-11,13,17H,3-5,12,14H2,1-2H3,(H,25,28)(H,26,30). The predicted octanol–water partition coefficient (Wildman–Crippen LogP) is 4.63. The molecule has 0 spiro atoms. The zero-order valence-electron chi connectivity index (χ0n) is 17.2. The number of hydrogen-bond donors (Lipinski definition) is 2. The van der Waals surface area contributed by atoms with Gasteiger partial charge in [0.25, 0.3) is 0 Å². The molecule has 30 heavy (non-hydrogen) atoms. The van der Waals surface area contributed by atoms with Crippen LogP contribution in [0.3, 0.4) is 0 Å². The van der Waals surface area contributed by atoms with Crippen molar-refractivity contribution in [3.05, 3.63) is 53.1 Å². The van der Waals surface area contributed by atoms with Crippen LogP contribution in [-0.4, -0.2) is 24.3 Å². The number of benzene rings is 2. The molecule has 0 aliphatic carbocycles.